The highest BCUT2D eigenvalue weighted by Crippen LogP contribution is 2.54. The third-order valence-corrected chi connectivity index (χ3v) is 5.96. The highest BCUT2D eigenvalue weighted by Gasteiger charge is 2.52. The summed E-state index contributed by atoms with van der Waals surface area (Å²) in [4.78, 5) is 12.7. The number of benzene rings is 2. The van der Waals surface area contributed by atoms with Gasteiger partial charge in [0.15, 0.2) is 23.0 Å². The van der Waals surface area contributed by atoms with Crippen molar-refractivity contribution in [2.24, 2.45) is 11.8 Å². The largest absolute Gasteiger partial charge is 0.504 e. The Hall–Kier alpha value is -3.13. The molecule has 2 aromatic rings. The van der Waals surface area contributed by atoms with E-state index in [0.29, 0.717) is 16.7 Å². The summed E-state index contributed by atoms with van der Waals surface area (Å²) < 4.78 is 21.7. The Morgan fingerprint density at radius 2 is 1.65 bits per heavy atom. The summed E-state index contributed by atoms with van der Waals surface area (Å²) in [6.07, 6.45) is -1.17. The molecule has 1 heterocycles. The predicted octanol–water partition coefficient (Wildman–Crippen LogP) is 2.87. The van der Waals surface area contributed by atoms with Crippen LogP contribution in [0.15, 0.2) is 24.3 Å². The topological polar surface area (TPSA) is 115 Å². The molecule has 4 rings (SSSR count). The maximum absolute atomic E-state index is 12.7. The normalized spacial score (nSPS) is 24.4. The number of aliphatic hydroxyl groups excluding tert-OH is 1. The lowest BCUT2D eigenvalue weighted by molar-refractivity contribution is -0.141. The molecule has 8 heteroatoms. The Kier molecular flexibility index (Phi) is 5.35. The second-order valence-electron chi connectivity index (χ2n) is 8.13. The van der Waals surface area contributed by atoms with Gasteiger partial charge in [-0.25, -0.2) is 0 Å². The molecular weight excluding hydrogens is 404 g/mol. The van der Waals surface area contributed by atoms with Crippen LogP contribution in [0.2, 0.25) is 0 Å². The molecule has 1 saturated heterocycles. The first-order chi connectivity index (χ1) is 14.8. The van der Waals surface area contributed by atoms with E-state index in [0.717, 1.165) is 0 Å². The number of cyclic esters (lactones) is 1. The van der Waals surface area contributed by atoms with Gasteiger partial charge in [-0.05, 0) is 54.8 Å². The van der Waals surface area contributed by atoms with Crippen molar-refractivity contribution in [1.29, 1.82) is 0 Å². The van der Waals surface area contributed by atoms with E-state index in [9.17, 15) is 20.1 Å². The number of rotatable bonds is 5. The zero-order valence-corrected chi connectivity index (χ0v) is 17.8. The van der Waals surface area contributed by atoms with Crippen molar-refractivity contribution >= 4 is 5.97 Å². The first kappa shape index (κ1) is 21.1. The highest BCUT2D eigenvalue weighted by atomic mass is 16.5. The second kappa shape index (κ2) is 7.85. The van der Waals surface area contributed by atoms with Crippen LogP contribution in [-0.2, 0) is 9.53 Å². The molecule has 31 heavy (non-hydrogen) atoms. The van der Waals surface area contributed by atoms with E-state index < -0.39 is 29.8 Å². The van der Waals surface area contributed by atoms with Crippen LogP contribution in [0.25, 0.3) is 0 Å². The van der Waals surface area contributed by atoms with Gasteiger partial charge in [-0.15, -0.1) is 0 Å². The Labute approximate surface area is 179 Å². The van der Waals surface area contributed by atoms with Crippen LogP contribution < -0.4 is 14.2 Å². The average molecular weight is 430 g/mol. The maximum Gasteiger partial charge on any atom is 0.310 e. The van der Waals surface area contributed by atoms with Crippen LogP contribution in [-0.4, -0.2) is 48.2 Å². The molecule has 0 spiro atoms. The van der Waals surface area contributed by atoms with E-state index in [4.69, 9.17) is 18.9 Å². The SMILES string of the molecule is COc1cc([C@H]2c3cc(OC(C)C)c(O)cc3[C@H](O)[C@H]3COC(=O)[C@H]23)cc(OC)c1O. The zero-order chi connectivity index (χ0) is 22.4. The molecule has 0 radical (unpaired) electrons. The van der Waals surface area contributed by atoms with E-state index in [1.54, 1.807) is 18.2 Å². The monoisotopic (exact) mass is 430 g/mol. The average Bonchev–Trinajstić information content (AvgIpc) is 3.11. The van der Waals surface area contributed by atoms with Crippen LogP contribution in [0.1, 0.15) is 42.6 Å². The third kappa shape index (κ3) is 3.40. The summed E-state index contributed by atoms with van der Waals surface area (Å²) in [6, 6.07) is 6.43. The number of methoxy groups -OCH3 is 2. The van der Waals surface area contributed by atoms with E-state index in [1.807, 2.05) is 13.8 Å². The molecule has 1 fully saturated rings. The second-order valence-corrected chi connectivity index (χ2v) is 8.13. The quantitative estimate of drug-likeness (QED) is 0.621. The molecule has 4 atom stereocenters. The minimum Gasteiger partial charge on any atom is -0.504 e. The van der Waals surface area contributed by atoms with Crippen molar-refractivity contribution < 1.29 is 39.1 Å². The highest BCUT2D eigenvalue weighted by molar-refractivity contribution is 5.79. The van der Waals surface area contributed by atoms with Gasteiger partial charge in [0.2, 0.25) is 5.75 Å². The molecule has 2 aliphatic rings. The van der Waals surface area contributed by atoms with Crippen LogP contribution in [0.5, 0.6) is 28.7 Å². The lowest BCUT2D eigenvalue weighted by Crippen LogP contribution is -2.34. The van der Waals surface area contributed by atoms with Crippen LogP contribution in [0.3, 0.4) is 0 Å². The Morgan fingerprint density at radius 1 is 1.00 bits per heavy atom. The van der Waals surface area contributed by atoms with Crippen molar-refractivity contribution in [3.63, 3.8) is 0 Å². The molecule has 1 aliphatic carbocycles. The number of carbonyl (C=O) groups is 1. The Morgan fingerprint density at radius 3 is 2.23 bits per heavy atom. The summed E-state index contributed by atoms with van der Waals surface area (Å²) in [5.74, 6) is -1.66. The number of hydrogen-bond donors (Lipinski definition) is 3. The van der Waals surface area contributed by atoms with Crippen molar-refractivity contribution in [2.75, 3.05) is 20.8 Å². The van der Waals surface area contributed by atoms with Gasteiger partial charge in [0.25, 0.3) is 0 Å². The van der Waals surface area contributed by atoms with Crippen molar-refractivity contribution in [3.8, 4) is 28.7 Å². The molecule has 0 amide bonds. The van der Waals surface area contributed by atoms with Gasteiger partial charge < -0.3 is 34.3 Å². The number of aromatic hydroxyl groups is 2. The van der Waals surface area contributed by atoms with E-state index in [2.05, 4.69) is 0 Å². The van der Waals surface area contributed by atoms with Gasteiger partial charge >= 0.3 is 5.97 Å². The first-order valence-corrected chi connectivity index (χ1v) is 10.1. The minimum absolute atomic E-state index is 0.0813. The van der Waals surface area contributed by atoms with Gasteiger partial charge in [0, 0.05) is 11.8 Å². The molecule has 0 bridgehead atoms. The molecule has 2 aromatic carbocycles. The summed E-state index contributed by atoms with van der Waals surface area (Å²) >= 11 is 0. The number of phenols is 2. The number of esters is 1. The lowest BCUT2D eigenvalue weighted by atomic mass is 9.66. The van der Waals surface area contributed by atoms with Crippen molar-refractivity contribution in [2.45, 2.75) is 32.0 Å². The molecule has 1 aliphatic heterocycles. The minimum atomic E-state index is -0.984. The van der Waals surface area contributed by atoms with Crippen LogP contribution >= 0.6 is 0 Å². The van der Waals surface area contributed by atoms with Gasteiger partial charge in [-0.2, -0.15) is 0 Å². The fourth-order valence-electron chi connectivity index (χ4n) is 4.60. The molecule has 0 aromatic heterocycles. The summed E-state index contributed by atoms with van der Waals surface area (Å²) in [7, 11) is 2.85. The number of phenolic OH excluding ortho intramolecular Hbond substituents is 2. The van der Waals surface area contributed by atoms with E-state index in [-0.39, 0.29) is 41.5 Å². The zero-order valence-electron chi connectivity index (χ0n) is 17.8. The van der Waals surface area contributed by atoms with Gasteiger partial charge in [-0.1, -0.05) is 0 Å². The fourth-order valence-corrected chi connectivity index (χ4v) is 4.60. The Bertz CT molecular complexity index is 990. The maximum atomic E-state index is 12.7. The lowest BCUT2D eigenvalue weighted by Gasteiger charge is -2.37. The molecule has 8 nitrogen and oxygen atoms in total. The van der Waals surface area contributed by atoms with E-state index in [1.165, 1.54) is 20.3 Å². The molecule has 0 unspecified atom stereocenters. The van der Waals surface area contributed by atoms with Gasteiger partial charge in [0.05, 0.1) is 39.0 Å². The van der Waals surface area contributed by atoms with Crippen molar-refractivity contribution in [3.05, 3.63) is 41.0 Å². The number of aliphatic hydroxyl groups is 1. The number of ether oxygens (including phenoxy) is 4. The number of fused-ring (bicyclic) bond motifs is 2. The standard InChI is InChI=1S/C23H26O8/c1-10(2)31-16-8-12-13(7-15(16)24)21(25)14-9-30-23(27)20(14)19(12)11-5-17(28-3)22(26)18(6-11)29-4/h5-8,10,14,19-21,24-26H,9H2,1-4H3/t14-,19-,20-,21-/m0/s1. The van der Waals surface area contributed by atoms with Crippen LogP contribution in [0, 0.1) is 11.8 Å². The smallest absolute Gasteiger partial charge is 0.310 e. The number of hydrogen-bond acceptors (Lipinski definition) is 8. The predicted molar refractivity (Wildman–Crippen MR) is 110 cm³/mol. The molecule has 3 N–H and O–H groups in total. The van der Waals surface area contributed by atoms with Gasteiger partial charge in [0.1, 0.15) is 0 Å². The summed E-state index contributed by atoms with van der Waals surface area (Å²) in [5, 5.41) is 31.8. The summed E-state index contributed by atoms with van der Waals surface area (Å²) in [5.41, 5.74) is 1.79. The molecular formula is C23H26O8. The molecule has 0 saturated carbocycles. The van der Waals surface area contributed by atoms with Gasteiger partial charge in [-0.3, -0.25) is 4.79 Å². The molecule has 166 valence electrons. The first-order valence-electron chi connectivity index (χ1n) is 10.1. The van der Waals surface area contributed by atoms with E-state index >= 15 is 0 Å². The van der Waals surface area contributed by atoms with Crippen molar-refractivity contribution in [1.82, 2.24) is 0 Å². The third-order valence-electron chi connectivity index (χ3n) is 5.96. The fraction of sp³-hybridized carbons (Fsp3) is 0.435. The Balaban J connectivity index is 1.96. The van der Waals surface area contributed by atoms with Crippen LogP contribution in [0.4, 0.5) is 0 Å². The number of carbonyl (C=O) groups excluding carboxylic acids is 1. The summed E-state index contributed by atoms with van der Waals surface area (Å²) in [6.45, 7) is 3.76.